The van der Waals surface area contributed by atoms with E-state index in [-0.39, 0.29) is 18.1 Å². The Hall–Kier alpha value is -0.830. The molecule has 4 heteroatoms. The minimum absolute atomic E-state index is 0. The molecule has 0 saturated carbocycles. The van der Waals surface area contributed by atoms with Gasteiger partial charge in [-0.2, -0.15) is 13.9 Å². The second-order valence-electron chi connectivity index (χ2n) is 2.83. The Balaban J connectivity index is 0.00000121. The molecule has 0 aliphatic heterocycles. The summed E-state index contributed by atoms with van der Waals surface area (Å²) in [5.74, 6) is 0. The molecule has 0 atom stereocenters. The number of nitrogens with zero attached hydrogens (tertiary/aromatic N) is 2. The Morgan fingerprint density at radius 1 is 1.42 bits per heavy atom. The van der Waals surface area contributed by atoms with Crippen LogP contribution in [0.1, 0.15) is 11.4 Å². The van der Waals surface area contributed by atoms with Gasteiger partial charge in [-0.25, -0.2) is 0 Å². The molecule has 1 aromatic rings. The third-order valence-electron chi connectivity index (χ3n) is 2.05. The van der Waals surface area contributed by atoms with E-state index in [1.807, 2.05) is 19.9 Å². The van der Waals surface area contributed by atoms with Crippen molar-refractivity contribution in [1.29, 1.82) is 0 Å². The number of hydrogen-bond donors (Lipinski definition) is 0. The molecular formula is C8H13ClN2O. The summed E-state index contributed by atoms with van der Waals surface area (Å²) in [6.45, 7) is 3.85. The molecule has 12 heavy (non-hydrogen) atoms. The molecule has 0 spiro atoms. The van der Waals surface area contributed by atoms with Gasteiger partial charge in [-0.3, -0.25) is 0 Å². The van der Waals surface area contributed by atoms with Gasteiger partial charge in [-0.1, -0.05) is 0 Å². The maximum absolute atomic E-state index is 11.3. The number of halogens is 1. The summed E-state index contributed by atoms with van der Waals surface area (Å²) < 4.78 is 3.26. The van der Waals surface area contributed by atoms with E-state index < -0.39 is 0 Å². The zero-order valence-corrected chi connectivity index (χ0v) is 8.51. The summed E-state index contributed by atoms with van der Waals surface area (Å²) in [6.07, 6.45) is 0. The van der Waals surface area contributed by atoms with Crippen LogP contribution in [0.25, 0.3) is 0 Å². The summed E-state index contributed by atoms with van der Waals surface area (Å²) in [5, 5.41) is 0. The summed E-state index contributed by atoms with van der Waals surface area (Å²) >= 11 is 0. The Kier molecular flexibility index (Phi) is 3.46. The van der Waals surface area contributed by atoms with Crippen LogP contribution in [0, 0.1) is 13.8 Å². The van der Waals surface area contributed by atoms with Gasteiger partial charge in [0, 0.05) is 6.07 Å². The second-order valence-corrected chi connectivity index (χ2v) is 2.83. The van der Waals surface area contributed by atoms with Crippen LogP contribution in [0.2, 0.25) is 0 Å². The largest absolute Gasteiger partial charge is 1.00 e. The number of aromatic nitrogens is 2. The fraction of sp³-hybridized carbons (Fsp3) is 0.500. The van der Waals surface area contributed by atoms with E-state index in [1.54, 1.807) is 23.2 Å². The first-order valence-electron chi connectivity index (χ1n) is 3.57. The van der Waals surface area contributed by atoms with Crippen molar-refractivity contribution in [2.75, 3.05) is 0 Å². The molecule has 0 aromatic carbocycles. The Labute approximate surface area is 78.1 Å². The number of rotatable bonds is 0. The molecule has 0 aliphatic rings. The van der Waals surface area contributed by atoms with Crippen molar-refractivity contribution in [3.05, 3.63) is 27.9 Å². The minimum atomic E-state index is 0. The van der Waals surface area contributed by atoms with E-state index >= 15 is 0 Å². The predicted molar refractivity (Wildman–Crippen MR) is 42.3 cm³/mol. The maximum atomic E-state index is 11.3. The first-order chi connectivity index (χ1) is 5.04. The van der Waals surface area contributed by atoms with Crippen LogP contribution in [0.5, 0.6) is 0 Å². The van der Waals surface area contributed by atoms with E-state index in [1.165, 1.54) is 0 Å². The number of aryl methyl sites for hydroxylation is 2. The monoisotopic (exact) mass is 188 g/mol. The summed E-state index contributed by atoms with van der Waals surface area (Å²) in [4.78, 5) is 11.3. The fourth-order valence-electron chi connectivity index (χ4n) is 1.02. The van der Waals surface area contributed by atoms with Crippen molar-refractivity contribution in [2.24, 2.45) is 14.1 Å². The normalized spacial score (nSPS) is 9.33. The molecule has 0 amide bonds. The molecule has 0 aliphatic carbocycles. The van der Waals surface area contributed by atoms with Gasteiger partial charge in [0.15, 0.2) is 0 Å². The van der Waals surface area contributed by atoms with Gasteiger partial charge in [0.2, 0.25) is 0 Å². The third kappa shape index (κ3) is 1.67. The molecule has 1 heterocycles. The smallest absolute Gasteiger partial charge is 0.497 e. The van der Waals surface area contributed by atoms with Crippen LogP contribution in [0.3, 0.4) is 0 Å². The average Bonchev–Trinajstić information content (AvgIpc) is 1.97. The van der Waals surface area contributed by atoms with Gasteiger partial charge in [0.05, 0.1) is 14.1 Å². The molecule has 1 aromatic heterocycles. The van der Waals surface area contributed by atoms with E-state index in [4.69, 9.17) is 0 Å². The molecule has 0 unspecified atom stereocenters. The molecule has 68 valence electrons. The zero-order chi connectivity index (χ0) is 8.59. The van der Waals surface area contributed by atoms with Crippen LogP contribution < -0.4 is 22.7 Å². The first kappa shape index (κ1) is 11.2. The predicted octanol–water partition coefficient (Wildman–Crippen LogP) is -3.17. The van der Waals surface area contributed by atoms with Crippen molar-refractivity contribution in [3.63, 3.8) is 0 Å². The van der Waals surface area contributed by atoms with Gasteiger partial charge in [0.25, 0.3) is 0 Å². The van der Waals surface area contributed by atoms with Crippen molar-refractivity contribution in [2.45, 2.75) is 13.8 Å². The molecule has 3 nitrogen and oxygen atoms in total. The van der Waals surface area contributed by atoms with Crippen molar-refractivity contribution < 1.29 is 17.0 Å². The van der Waals surface area contributed by atoms with Crippen molar-refractivity contribution in [3.8, 4) is 0 Å². The second kappa shape index (κ2) is 3.72. The zero-order valence-electron chi connectivity index (χ0n) is 7.76. The average molecular weight is 189 g/mol. The van der Waals surface area contributed by atoms with Crippen LogP contribution in [-0.2, 0) is 14.1 Å². The SMILES string of the molecule is Cc1cc(C)[n+](C)c(=O)n1C.[Cl-]. The van der Waals surface area contributed by atoms with Gasteiger partial charge < -0.3 is 12.4 Å². The van der Waals surface area contributed by atoms with Crippen LogP contribution in [0.4, 0.5) is 0 Å². The maximum Gasteiger partial charge on any atom is 0.497 e. The third-order valence-corrected chi connectivity index (χ3v) is 2.05. The molecule has 0 fully saturated rings. The van der Waals surface area contributed by atoms with Gasteiger partial charge in [-0.05, 0) is 13.8 Å². The fourth-order valence-corrected chi connectivity index (χ4v) is 1.02. The highest BCUT2D eigenvalue weighted by molar-refractivity contribution is 5.01. The first-order valence-corrected chi connectivity index (χ1v) is 3.57. The van der Waals surface area contributed by atoms with Gasteiger partial charge >= 0.3 is 5.69 Å². The van der Waals surface area contributed by atoms with Crippen molar-refractivity contribution in [1.82, 2.24) is 4.57 Å². The molecule has 1 rings (SSSR count). The van der Waals surface area contributed by atoms with E-state index in [0.29, 0.717) is 0 Å². The Bertz CT molecular complexity index is 314. The standard InChI is InChI=1S/C8H13N2O.ClH/c1-6-5-7(2)10(4)8(11)9(6)3;/h5H,1-4H3;1H/q+1;/p-1. The lowest BCUT2D eigenvalue weighted by atomic mass is 10.3. The van der Waals surface area contributed by atoms with Crippen LogP contribution in [0.15, 0.2) is 10.9 Å². The molecule has 0 saturated heterocycles. The highest BCUT2D eigenvalue weighted by atomic mass is 35.5. The Morgan fingerprint density at radius 3 is 2.42 bits per heavy atom. The van der Waals surface area contributed by atoms with Crippen molar-refractivity contribution >= 4 is 0 Å². The lowest BCUT2D eigenvalue weighted by Crippen LogP contribution is -3.00. The molecule has 0 radical (unpaired) electrons. The molecule has 0 bridgehead atoms. The molecular weight excluding hydrogens is 176 g/mol. The number of hydrogen-bond acceptors (Lipinski definition) is 1. The highest BCUT2D eigenvalue weighted by Gasteiger charge is 2.08. The van der Waals surface area contributed by atoms with E-state index in [9.17, 15) is 4.79 Å². The Morgan fingerprint density at radius 2 is 1.92 bits per heavy atom. The van der Waals surface area contributed by atoms with Gasteiger partial charge in [-0.15, -0.1) is 0 Å². The van der Waals surface area contributed by atoms with E-state index in [2.05, 4.69) is 0 Å². The summed E-state index contributed by atoms with van der Waals surface area (Å²) in [7, 11) is 3.55. The lowest BCUT2D eigenvalue weighted by molar-refractivity contribution is -0.696. The summed E-state index contributed by atoms with van der Waals surface area (Å²) in [6, 6.07) is 1.99. The van der Waals surface area contributed by atoms with Gasteiger partial charge in [0.1, 0.15) is 11.4 Å². The summed E-state index contributed by atoms with van der Waals surface area (Å²) in [5.41, 5.74) is 2.01. The topological polar surface area (TPSA) is 25.9 Å². The van der Waals surface area contributed by atoms with Crippen LogP contribution >= 0.6 is 0 Å². The quantitative estimate of drug-likeness (QED) is 0.395. The van der Waals surface area contributed by atoms with Crippen LogP contribution in [-0.4, -0.2) is 4.57 Å². The van der Waals surface area contributed by atoms with E-state index in [0.717, 1.165) is 11.4 Å². The molecule has 0 N–H and O–H groups in total. The highest BCUT2D eigenvalue weighted by Crippen LogP contribution is 1.91. The minimum Gasteiger partial charge on any atom is -1.00 e. The lowest BCUT2D eigenvalue weighted by Gasteiger charge is -1.99.